The Morgan fingerprint density at radius 3 is 2.65 bits per heavy atom. The van der Waals surface area contributed by atoms with Gasteiger partial charge in [-0.25, -0.2) is 0 Å². The van der Waals surface area contributed by atoms with E-state index in [9.17, 15) is 0 Å². The summed E-state index contributed by atoms with van der Waals surface area (Å²) >= 11 is 0. The highest BCUT2D eigenvalue weighted by Crippen LogP contribution is 2.12. The van der Waals surface area contributed by atoms with Gasteiger partial charge in [0.2, 0.25) is 0 Å². The molecule has 0 radical (unpaired) electrons. The van der Waals surface area contributed by atoms with Crippen molar-refractivity contribution < 1.29 is 4.74 Å². The monoisotopic (exact) mass is 273 g/mol. The van der Waals surface area contributed by atoms with Crippen LogP contribution in [0.2, 0.25) is 0 Å². The average Bonchev–Trinajstić information content (AvgIpc) is 2.52. The zero-order valence-corrected chi connectivity index (χ0v) is 12.2. The molecule has 0 unspecified atom stereocenters. The summed E-state index contributed by atoms with van der Waals surface area (Å²) in [5.74, 6) is 0.792. The van der Waals surface area contributed by atoms with Gasteiger partial charge in [-0.1, -0.05) is 13.0 Å². The van der Waals surface area contributed by atoms with Crippen LogP contribution in [-0.2, 0) is 0 Å². The number of benzene rings is 1. The molecule has 0 N–H and O–H groups in total. The number of likely N-dealkylation sites (N-methyl/N-ethyl adjacent to an activating group) is 1. The van der Waals surface area contributed by atoms with Crippen molar-refractivity contribution in [3.63, 3.8) is 0 Å². The van der Waals surface area contributed by atoms with Crippen molar-refractivity contribution in [3.8, 4) is 11.8 Å². The standard InChI is InChI=1S/C16H23N3O/c1-2-18-8-10-19(11-9-18)7-4-12-20-16-6-3-5-15(13-16)14-17/h3,5-6,13H,2,4,7-12H2,1H3. The largest absolute Gasteiger partial charge is 0.494 e. The Morgan fingerprint density at radius 1 is 1.20 bits per heavy atom. The highest BCUT2D eigenvalue weighted by Gasteiger charge is 2.14. The lowest BCUT2D eigenvalue weighted by Gasteiger charge is -2.33. The van der Waals surface area contributed by atoms with Gasteiger partial charge < -0.3 is 14.5 Å². The molecule has 0 atom stereocenters. The Morgan fingerprint density at radius 2 is 1.95 bits per heavy atom. The molecule has 1 aliphatic heterocycles. The minimum absolute atomic E-state index is 0.651. The lowest BCUT2D eigenvalue weighted by molar-refractivity contribution is 0.130. The first-order valence-electron chi connectivity index (χ1n) is 7.39. The highest BCUT2D eigenvalue weighted by molar-refractivity contribution is 5.36. The topological polar surface area (TPSA) is 39.5 Å². The van der Waals surface area contributed by atoms with E-state index in [-0.39, 0.29) is 0 Å². The maximum Gasteiger partial charge on any atom is 0.120 e. The summed E-state index contributed by atoms with van der Waals surface area (Å²) in [4.78, 5) is 4.99. The zero-order valence-electron chi connectivity index (χ0n) is 12.2. The molecule has 0 saturated carbocycles. The molecule has 0 amide bonds. The van der Waals surface area contributed by atoms with Crippen molar-refractivity contribution >= 4 is 0 Å². The maximum atomic E-state index is 8.83. The van der Waals surface area contributed by atoms with E-state index in [2.05, 4.69) is 22.8 Å². The second-order valence-corrected chi connectivity index (χ2v) is 5.12. The fourth-order valence-corrected chi connectivity index (χ4v) is 2.46. The molecule has 1 aliphatic rings. The van der Waals surface area contributed by atoms with Crippen LogP contribution in [0.15, 0.2) is 24.3 Å². The van der Waals surface area contributed by atoms with Crippen LogP contribution in [0.3, 0.4) is 0 Å². The fraction of sp³-hybridized carbons (Fsp3) is 0.562. The molecule has 0 spiro atoms. The van der Waals surface area contributed by atoms with Crippen molar-refractivity contribution in [3.05, 3.63) is 29.8 Å². The van der Waals surface area contributed by atoms with Gasteiger partial charge in [0.05, 0.1) is 18.2 Å². The maximum absolute atomic E-state index is 8.83. The molecule has 4 nitrogen and oxygen atoms in total. The van der Waals surface area contributed by atoms with Crippen LogP contribution in [0.5, 0.6) is 5.75 Å². The third-order valence-corrected chi connectivity index (χ3v) is 3.76. The van der Waals surface area contributed by atoms with E-state index in [4.69, 9.17) is 10.00 Å². The summed E-state index contributed by atoms with van der Waals surface area (Å²) in [6.45, 7) is 9.88. The van der Waals surface area contributed by atoms with E-state index < -0.39 is 0 Å². The van der Waals surface area contributed by atoms with E-state index in [1.165, 1.54) is 13.1 Å². The smallest absolute Gasteiger partial charge is 0.120 e. The third-order valence-electron chi connectivity index (χ3n) is 3.76. The minimum Gasteiger partial charge on any atom is -0.494 e. The molecular formula is C16H23N3O. The van der Waals surface area contributed by atoms with Gasteiger partial charge in [0.15, 0.2) is 0 Å². The average molecular weight is 273 g/mol. The van der Waals surface area contributed by atoms with Gasteiger partial charge in [-0.15, -0.1) is 0 Å². The van der Waals surface area contributed by atoms with Crippen molar-refractivity contribution in [1.82, 2.24) is 9.80 Å². The highest BCUT2D eigenvalue weighted by atomic mass is 16.5. The second-order valence-electron chi connectivity index (χ2n) is 5.12. The van der Waals surface area contributed by atoms with E-state index in [1.807, 2.05) is 12.1 Å². The van der Waals surface area contributed by atoms with Gasteiger partial charge in [-0.05, 0) is 31.2 Å². The zero-order chi connectivity index (χ0) is 14.2. The quantitative estimate of drug-likeness (QED) is 0.743. The van der Waals surface area contributed by atoms with E-state index >= 15 is 0 Å². The van der Waals surface area contributed by atoms with Crippen LogP contribution in [0.25, 0.3) is 0 Å². The molecular weight excluding hydrogens is 250 g/mol. The molecule has 1 fully saturated rings. The van der Waals surface area contributed by atoms with Gasteiger partial charge >= 0.3 is 0 Å². The van der Waals surface area contributed by atoms with E-state index in [1.54, 1.807) is 12.1 Å². The van der Waals surface area contributed by atoms with E-state index in [0.29, 0.717) is 12.2 Å². The Kier molecular flexibility index (Phi) is 5.85. The van der Waals surface area contributed by atoms with Gasteiger partial charge in [0, 0.05) is 32.7 Å². The predicted octanol–water partition coefficient (Wildman–Crippen LogP) is 1.96. The van der Waals surface area contributed by atoms with Crippen molar-refractivity contribution in [2.45, 2.75) is 13.3 Å². The lowest BCUT2D eigenvalue weighted by atomic mass is 10.2. The summed E-state index contributed by atoms with van der Waals surface area (Å²) in [6, 6.07) is 9.47. The van der Waals surface area contributed by atoms with Gasteiger partial charge in [-0.2, -0.15) is 5.26 Å². The molecule has 20 heavy (non-hydrogen) atoms. The molecule has 0 aliphatic carbocycles. The van der Waals surface area contributed by atoms with Crippen molar-refractivity contribution in [2.75, 3.05) is 45.9 Å². The number of rotatable bonds is 6. The third kappa shape index (κ3) is 4.52. The second kappa shape index (κ2) is 7.88. The first-order chi connectivity index (χ1) is 9.81. The molecule has 108 valence electrons. The van der Waals surface area contributed by atoms with Crippen LogP contribution in [0.1, 0.15) is 18.9 Å². The Labute approximate surface area is 121 Å². The summed E-state index contributed by atoms with van der Waals surface area (Å²) < 4.78 is 5.69. The first-order valence-corrected chi connectivity index (χ1v) is 7.39. The minimum atomic E-state index is 0.651. The summed E-state index contributed by atoms with van der Waals surface area (Å²) in [5.41, 5.74) is 0.651. The van der Waals surface area contributed by atoms with Crippen molar-refractivity contribution in [1.29, 1.82) is 5.26 Å². The van der Waals surface area contributed by atoms with E-state index in [0.717, 1.165) is 38.3 Å². The Hall–Kier alpha value is -1.57. The Bertz CT molecular complexity index is 447. The molecule has 1 aromatic rings. The molecule has 4 heteroatoms. The number of nitrogens with zero attached hydrogens (tertiary/aromatic N) is 3. The first kappa shape index (κ1) is 14.8. The number of hydrogen-bond donors (Lipinski definition) is 0. The van der Waals surface area contributed by atoms with Gasteiger partial charge in [0.25, 0.3) is 0 Å². The van der Waals surface area contributed by atoms with Crippen LogP contribution >= 0.6 is 0 Å². The predicted molar refractivity (Wildman–Crippen MR) is 79.8 cm³/mol. The van der Waals surface area contributed by atoms with Crippen LogP contribution < -0.4 is 4.74 Å². The van der Waals surface area contributed by atoms with Crippen LogP contribution in [-0.4, -0.2) is 55.7 Å². The lowest BCUT2D eigenvalue weighted by Crippen LogP contribution is -2.46. The number of nitriles is 1. The molecule has 2 rings (SSSR count). The Balaban J connectivity index is 1.63. The number of hydrogen-bond acceptors (Lipinski definition) is 4. The van der Waals surface area contributed by atoms with Crippen LogP contribution in [0, 0.1) is 11.3 Å². The normalized spacial score (nSPS) is 16.8. The molecule has 1 heterocycles. The molecule has 0 bridgehead atoms. The van der Waals surface area contributed by atoms with Gasteiger partial charge in [0.1, 0.15) is 5.75 Å². The molecule has 0 aromatic heterocycles. The number of ether oxygens (including phenoxy) is 1. The fourth-order valence-electron chi connectivity index (χ4n) is 2.46. The summed E-state index contributed by atoms with van der Waals surface area (Å²) in [6.07, 6.45) is 1.03. The SMILES string of the molecule is CCN1CCN(CCCOc2cccc(C#N)c2)CC1. The van der Waals surface area contributed by atoms with Crippen molar-refractivity contribution in [2.24, 2.45) is 0 Å². The summed E-state index contributed by atoms with van der Waals surface area (Å²) in [7, 11) is 0. The summed E-state index contributed by atoms with van der Waals surface area (Å²) in [5, 5.41) is 8.83. The van der Waals surface area contributed by atoms with Gasteiger partial charge in [-0.3, -0.25) is 0 Å². The number of piperazine rings is 1. The molecule has 1 saturated heterocycles. The molecule has 1 aromatic carbocycles. The van der Waals surface area contributed by atoms with Crippen LogP contribution in [0.4, 0.5) is 0 Å².